The quantitative estimate of drug-likeness (QED) is 0.542. The van der Waals surface area contributed by atoms with Gasteiger partial charge in [0, 0.05) is 10.2 Å². The van der Waals surface area contributed by atoms with Gasteiger partial charge in [-0.1, -0.05) is 0 Å². The molecule has 0 fully saturated rings. The van der Waals surface area contributed by atoms with Crippen LogP contribution in [0.1, 0.15) is 10.4 Å². The highest BCUT2D eigenvalue weighted by Gasteiger charge is 2.10. The molecule has 0 aliphatic rings. The number of nitrogens with one attached hydrogen (secondary N) is 1. The summed E-state index contributed by atoms with van der Waals surface area (Å²) in [5.41, 5.74) is 13.2. The Bertz CT molecular complexity index is 422. The lowest BCUT2D eigenvalue weighted by atomic mass is 10.2. The van der Waals surface area contributed by atoms with E-state index in [1.807, 2.05) is 0 Å². The average Bonchev–Trinajstić information content (AvgIpc) is 2.21. The van der Waals surface area contributed by atoms with Crippen LogP contribution in [0.15, 0.2) is 22.7 Å². The molecule has 0 bridgehead atoms. The molecule has 1 aromatic rings. The number of benzene rings is 1. The minimum Gasteiger partial charge on any atom is -0.399 e. The molecule has 0 saturated heterocycles. The van der Waals surface area contributed by atoms with Gasteiger partial charge in [-0.25, -0.2) is 5.48 Å². The topological polar surface area (TPSA) is 107 Å². The van der Waals surface area contributed by atoms with Crippen LogP contribution in [0.5, 0.6) is 0 Å². The molecule has 0 atom stereocenters. The number of carbonyl (C=O) groups excluding carboxylic acids is 2. The second-order valence-corrected chi connectivity index (χ2v) is 3.78. The number of hydroxylamine groups is 1. The van der Waals surface area contributed by atoms with Crippen molar-refractivity contribution in [3.63, 3.8) is 0 Å². The fourth-order valence-electron chi connectivity index (χ4n) is 0.945. The largest absolute Gasteiger partial charge is 0.399 e. The maximum Gasteiger partial charge on any atom is 0.276 e. The number of nitrogens with two attached hydrogens (primary N) is 2. The molecule has 1 aromatic carbocycles. The fraction of sp³-hybridized carbons (Fsp3) is 0.111. The standard InChI is InChI=1S/C9H10BrN3O3/c10-7-2-1-5(11)3-6(7)9(15)13-16-4-8(12)14/h1-3H,4,11H2,(H2,12,14)(H,13,15). The van der Waals surface area contributed by atoms with Crippen molar-refractivity contribution >= 4 is 33.4 Å². The van der Waals surface area contributed by atoms with E-state index in [0.717, 1.165) is 0 Å². The smallest absolute Gasteiger partial charge is 0.276 e. The normalized spacial score (nSPS) is 9.81. The van der Waals surface area contributed by atoms with Gasteiger partial charge in [-0.15, -0.1) is 0 Å². The Morgan fingerprint density at radius 2 is 2.12 bits per heavy atom. The van der Waals surface area contributed by atoms with Gasteiger partial charge in [0.15, 0.2) is 6.61 Å². The second kappa shape index (κ2) is 5.47. The van der Waals surface area contributed by atoms with Crippen LogP contribution >= 0.6 is 15.9 Å². The van der Waals surface area contributed by atoms with E-state index in [0.29, 0.717) is 15.7 Å². The molecule has 7 heteroatoms. The van der Waals surface area contributed by atoms with Crippen molar-refractivity contribution in [2.75, 3.05) is 12.3 Å². The molecule has 0 aliphatic carbocycles. The van der Waals surface area contributed by atoms with Gasteiger partial charge in [0.05, 0.1) is 5.56 Å². The maximum absolute atomic E-state index is 11.5. The third kappa shape index (κ3) is 3.52. The molecule has 0 aromatic heterocycles. The van der Waals surface area contributed by atoms with Crippen molar-refractivity contribution in [1.82, 2.24) is 5.48 Å². The molecule has 0 spiro atoms. The number of halogens is 1. The van der Waals surface area contributed by atoms with E-state index in [2.05, 4.69) is 26.2 Å². The lowest BCUT2D eigenvalue weighted by Crippen LogP contribution is -2.29. The summed E-state index contributed by atoms with van der Waals surface area (Å²) in [6, 6.07) is 4.76. The molecular weight excluding hydrogens is 278 g/mol. The summed E-state index contributed by atoms with van der Waals surface area (Å²) >= 11 is 3.19. The predicted molar refractivity (Wildman–Crippen MR) is 61.2 cm³/mol. The third-order valence-corrected chi connectivity index (χ3v) is 2.31. The molecule has 2 amide bonds. The van der Waals surface area contributed by atoms with Crippen molar-refractivity contribution in [2.45, 2.75) is 0 Å². The number of carbonyl (C=O) groups is 2. The minimum atomic E-state index is -0.674. The molecule has 0 saturated carbocycles. The van der Waals surface area contributed by atoms with Crippen LogP contribution in [0.4, 0.5) is 5.69 Å². The molecule has 5 N–H and O–H groups in total. The lowest BCUT2D eigenvalue weighted by molar-refractivity contribution is -0.124. The first-order valence-electron chi connectivity index (χ1n) is 4.26. The zero-order valence-electron chi connectivity index (χ0n) is 8.20. The Hall–Kier alpha value is -1.60. The molecular formula is C9H10BrN3O3. The Morgan fingerprint density at radius 1 is 1.44 bits per heavy atom. The number of hydrogen-bond acceptors (Lipinski definition) is 4. The molecule has 0 radical (unpaired) electrons. The summed E-state index contributed by atoms with van der Waals surface area (Å²) in [5.74, 6) is -1.19. The van der Waals surface area contributed by atoms with Crippen LogP contribution in [0.3, 0.4) is 0 Å². The second-order valence-electron chi connectivity index (χ2n) is 2.93. The highest BCUT2D eigenvalue weighted by molar-refractivity contribution is 9.10. The average molecular weight is 288 g/mol. The first-order valence-corrected chi connectivity index (χ1v) is 5.05. The number of hydrogen-bond donors (Lipinski definition) is 3. The summed E-state index contributed by atoms with van der Waals surface area (Å²) in [6.45, 7) is -0.383. The maximum atomic E-state index is 11.5. The van der Waals surface area contributed by atoms with Crippen LogP contribution in [0, 0.1) is 0 Å². The van der Waals surface area contributed by atoms with Crippen LogP contribution in [0.2, 0.25) is 0 Å². The van der Waals surface area contributed by atoms with Crippen molar-refractivity contribution < 1.29 is 14.4 Å². The van der Waals surface area contributed by atoms with Gasteiger partial charge in [0.1, 0.15) is 0 Å². The zero-order chi connectivity index (χ0) is 12.1. The monoisotopic (exact) mass is 287 g/mol. The highest BCUT2D eigenvalue weighted by atomic mass is 79.9. The Balaban J connectivity index is 2.65. The molecule has 1 rings (SSSR count). The Kier molecular flexibility index (Phi) is 4.27. The summed E-state index contributed by atoms with van der Waals surface area (Å²) in [6.07, 6.45) is 0. The molecule has 16 heavy (non-hydrogen) atoms. The summed E-state index contributed by atoms with van der Waals surface area (Å²) in [4.78, 5) is 26.5. The molecule has 0 heterocycles. The van der Waals surface area contributed by atoms with Gasteiger partial charge < -0.3 is 11.5 Å². The number of amides is 2. The van der Waals surface area contributed by atoms with E-state index in [-0.39, 0.29) is 6.61 Å². The van der Waals surface area contributed by atoms with Gasteiger partial charge in [-0.3, -0.25) is 14.4 Å². The summed E-state index contributed by atoms with van der Waals surface area (Å²) in [5, 5.41) is 0. The van der Waals surface area contributed by atoms with E-state index < -0.39 is 11.8 Å². The Morgan fingerprint density at radius 3 is 2.75 bits per heavy atom. The van der Waals surface area contributed by atoms with E-state index >= 15 is 0 Å². The minimum absolute atomic E-state index is 0.310. The summed E-state index contributed by atoms with van der Waals surface area (Å²) in [7, 11) is 0. The number of anilines is 1. The van der Waals surface area contributed by atoms with Crippen molar-refractivity contribution in [3.05, 3.63) is 28.2 Å². The van der Waals surface area contributed by atoms with Crippen LogP contribution in [-0.2, 0) is 9.63 Å². The van der Waals surface area contributed by atoms with Crippen molar-refractivity contribution in [1.29, 1.82) is 0 Å². The van der Waals surface area contributed by atoms with E-state index in [1.165, 1.54) is 6.07 Å². The molecule has 6 nitrogen and oxygen atoms in total. The van der Waals surface area contributed by atoms with Gasteiger partial charge in [0.2, 0.25) is 5.91 Å². The van der Waals surface area contributed by atoms with Crippen LogP contribution in [-0.4, -0.2) is 18.4 Å². The molecule has 0 aliphatic heterocycles. The number of rotatable bonds is 4. The predicted octanol–water partition coefficient (Wildman–Crippen LogP) is 0.178. The molecule has 0 unspecified atom stereocenters. The van der Waals surface area contributed by atoms with Crippen LogP contribution < -0.4 is 16.9 Å². The van der Waals surface area contributed by atoms with Gasteiger partial charge in [-0.2, -0.15) is 0 Å². The fourth-order valence-corrected chi connectivity index (χ4v) is 1.37. The van der Waals surface area contributed by atoms with Gasteiger partial charge in [-0.05, 0) is 34.1 Å². The zero-order valence-corrected chi connectivity index (χ0v) is 9.78. The first kappa shape index (κ1) is 12.5. The van der Waals surface area contributed by atoms with E-state index in [4.69, 9.17) is 11.5 Å². The van der Waals surface area contributed by atoms with Gasteiger partial charge in [0.25, 0.3) is 5.91 Å². The molecule has 86 valence electrons. The van der Waals surface area contributed by atoms with E-state index in [9.17, 15) is 9.59 Å². The summed E-state index contributed by atoms with van der Waals surface area (Å²) < 4.78 is 0.571. The lowest BCUT2D eigenvalue weighted by Gasteiger charge is -2.06. The van der Waals surface area contributed by atoms with Gasteiger partial charge >= 0.3 is 0 Å². The Labute approximate surface area is 100 Å². The number of nitrogen functional groups attached to an aromatic ring is 1. The third-order valence-electron chi connectivity index (χ3n) is 1.61. The van der Waals surface area contributed by atoms with E-state index in [1.54, 1.807) is 12.1 Å². The number of primary amides is 1. The van der Waals surface area contributed by atoms with Crippen LogP contribution in [0.25, 0.3) is 0 Å². The SMILES string of the molecule is NC(=O)CONC(=O)c1cc(N)ccc1Br. The first-order chi connectivity index (χ1) is 7.50. The highest BCUT2D eigenvalue weighted by Crippen LogP contribution is 2.19. The van der Waals surface area contributed by atoms with Crippen molar-refractivity contribution in [2.24, 2.45) is 5.73 Å². The van der Waals surface area contributed by atoms with Crippen molar-refractivity contribution in [3.8, 4) is 0 Å².